The van der Waals surface area contributed by atoms with Crippen molar-refractivity contribution in [2.24, 2.45) is 5.73 Å². The summed E-state index contributed by atoms with van der Waals surface area (Å²) in [4.78, 5) is 40.1. The maximum Gasteiger partial charge on any atom is 0.261 e. The molecule has 0 spiro atoms. The zero-order valence-electron chi connectivity index (χ0n) is 14.0. The Morgan fingerprint density at radius 3 is 2.62 bits per heavy atom. The number of hydrogen-bond donors (Lipinski definition) is 2. The van der Waals surface area contributed by atoms with Gasteiger partial charge in [0.1, 0.15) is 0 Å². The van der Waals surface area contributed by atoms with Gasteiger partial charge in [-0.25, -0.2) is 4.98 Å². The second-order valence-corrected chi connectivity index (χ2v) is 5.82. The molecule has 3 N–H and O–H groups in total. The lowest BCUT2D eigenvalue weighted by atomic mass is 10.1. The van der Waals surface area contributed by atoms with Crippen LogP contribution in [-0.4, -0.2) is 21.4 Å². The summed E-state index contributed by atoms with van der Waals surface area (Å²) >= 11 is 0. The molecule has 132 valence electrons. The van der Waals surface area contributed by atoms with Crippen molar-refractivity contribution < 1.29 is 9.59 Å². The third-order valence-electron chi connectivity index (χ3n) is 4.00. The summed E-state index contributed by atoms with van der Waals surface area (Å²) in [6.07, 6.45) is 2.15. The molecule has 0 bridgehead atoms. The summed E-state index contributed by atoms with van der Waals surface area (Å²) in [7, 11) is 0. The summed E-state index contributed by atoms with van der Waals surface area (Å²) in [6, 6.07) is 13.7. The highest BCUT2D eigenvalue weighted by Crippen LogP contribution is 2.14. The molecule has 1 aromatic heterocycles. The molecule has 0 fully saturated rings. The molecule has 0 atom stereocenters. The van der Waals surface area contributed by atoms with Crippen LogP contribution in [0.15, 0.2) is 59.7 Å². The van der Waals surface area contributed by atoms with Gasteiger partial charge in [-0.1, -0.05) is 24.3 Å². The number of nitrogens with two attached hydrogens (primary N) is 1. The number of anilines is 1. The van der Waals surface area contributed by atoms with E-state index < -0.39 is 5.91 Å². The van der Waals surface area contributed by atoms with E-state index >= 15 is 0 Å². The summed E-state index contributed by atoms with van der Waals surface area (Å²) in [5.74, 6) is -0.852. The van der Waals surface area contributed by atoms with E-state index in [0.29, 0.717) is 29.6 Å². The third kappa shape index (κ3) is 3.77. The van der Waals surface area contributed by atoms with Crippen LogP contribution in [0, 0.1) is 0 Å². The van der Waals surface area contributed by atoms with E-state index in [1.54, 1.807) is 42.5 Å². The zero-order chi connectivity index (χ0) is 18.5. The van der Waals surface area contributed by atoms with Gasteiger partial charge in [-0.2, -0.15) is 0 Å². The predicted octanol–water partition coefficient (Wildman–Crippen LogP) is 1.91. The standard InChI is InChI=1S/C19H18N4O3/c20-18(25)13-6-1-4-9-16(13)22-17(24)10-5-11-23-12-21-15-8-3-2-7-14(15)19(23)26/h1-4,6-9,12H,5,10-11H2,(H2,20,25)(H,22,24). The molecule has 3 aromatic rings. The molecule has 2 amide bonds. The molecule has 2 aromatic carbocycles. The van der Waals surface area contributed by atoms with E-state index in [2.05, 4.69) is 10.3 Å². The van der Waals surface area contributed by atoms with E-state index in [4.69, 9.17) is 5.73 Å². The van der Waals surface area contributed by atoms with Gasteiger partial charge in [0.25, 0.3) is 11.5 Å². The number of aryl methyl sites for hydroxylation is 1. The molecule has 0 saturated carbocycles. The van der Waals surface area contributed by atoms with Crippen molar-refractivity contribution in [1.29, 1.82) is 0 Å². The minimum atomic E-state index is -0.602. The Balaban J connectivity index is 1.62. The molecular formula is C19H18N4O3. The minimum absolute atomic E-state index is 0.130. The van der Waals surface area contributed by atoms with Crippen LogP contribution in [0.3, 0.4) is 0 Å². The van der Waals surface area contributed by atoms with Crippen LogP contribution in [0.5, 0.6) is 0 Å². The molecular weight excluding hydrogens is 332 g/mol. The number of para-hydroxylation sites is 2. The van der Waals surface area contributed by atoms with Crippen LogP contribution in [0.25, 0.3) is 10.9 Å². The smallest absolute Gasteiger partial charge is 0.261 e. The number of rotatable bonds is 6. The van der Waals surface area contributed by atoms with Crippen molar-refractivity contribution in [3.8, 4) is 0 Å². The van der Waals surface area contributed by atoms with Crippen LogP contribution in [0.4, 0.5) is 5.69 Å². The fraction of sp³-hybridized carbons (Fsp3) is 0.158. The Hall–Kier alpha value is -3.48. The summed E-state index contributed by atoms with van der Waals surface area (Å²) in [5.41, 5.74) is 6.46. The molecule has 0 aliphatic rings. The number of fused-ring (bicyclic) bond motifs is 1. The monoisotopic (exact) mass is 350 g/mol. The Morgan fingerprint density at radius 1 is 1.08 bits per heavy atom. The summed E-state index contributed by atoms with van der Waals surface area (Å²) < 4.78 is 1.49. The number of hydrogen-bond acceptors (Lipinski definition) is 4. The number of primary amides is 1. The molecule has 1 heterocycles. The molecule has 0 saturated heterocycles. The highest BCUT2D eigenvalue weighted by molar-refractivity contribution is 6.02. The van der Waals surface area contributed by atoms with Gasteiger partial charge in [-0.05, 0) is 30.7 Å². The SMILES string of the molecule is NC(=O)c1ccccc1NC(=O)CCCn1cnc2ccccc2c1=O. The molecule has 0 radical (unpaired) electrons. The van der Waals surface area contributed by atoms with Gasteiger partial charge in [0, 0.05) is 13.0 Å². The second kappa shape index (κ2) is 7.60. The van der Waals surface area contributed by atoms with Gasteiger partial charge in [0.15, 0.2) is 0 Å². The average molecular weight is 350 g/mol. The Morgan fingerprint density at radius 2 is 1.81 bits per heavy atom. The highest BCUT2D eigenvalue weighted by atomic mass is 16.2. The number of carbonyl (C=O) groups excluding carboxylic acids is 2. The van der Waals surface area contributed by atoms with Crippen molar-refractivity contribution in [2.45, 2.75) is 19.4 Å². The lowest BCUT2D eigenvalue weighted by Crippen LogP contribution is -2.22. The van der Waals surface area contributed by atoms with Crippen molar-refractivity contribution in [3.05, 3.63) is 70.8 Å². The lowest BCUT2D eigenvalue weighted by molar-refractivity contribution is -0.116. The van der Waals surface area contributed by atoms with E-state index in [0.717, 1.165) is 0 Å². The summed E-state index contributed by atoms with van der Waals surface area (Å²) in [6.45, 7) is 0.377. The molecule has 0 unspecified atom stereocenters. The summed E-state index contributed by atoms with van der Waals surface area (Å²) in [5, 5.41) is 3.23. The average Bonchev–Trinajstić information content (AvgIpc) is 2.64. The van der Waals surface area contributed by atoms with Crippen LogP contribution in [0.2, 0.25) is 0 Å². The van der Waals surface area contributed by atoms with E-state index in [1.165, 1.54) is 10.9 Å². The van der Waals surface area contributed by atoms with Crippen LogP contribution < -0.4 is 16.6 Å². The van der Waals surface area contributed by atoms with E-state index in [-0.39, 0.29) is 23.5 Å². The molecule has 7 nitrogen and oxygen atoms in total. The van der Waals surface area contributed by atoms with Crippen LogP contribution in [-0.2, 0) is 11.3 Å². The second-order valence-electron chi connectivity index (χ2n) is 5.82. The van der Waals surface area contributed by atoms with Crippen molar-refractivity contribution >= 4 is 28.4 Å². The fourth-order valence-electron chi connectivity index (χ4n) is 2.70. The molecule has 0 aliphatic carbocycles. The van der Waals surface area contributed by atoms with Crippen LogP contribution in [0.1, 0.15) is 23.2 Å². The fourth-order valence-corrected chi connectivity index (χ4v) is 2.70. The maximum atomic E-state index is 12.4. The number of nitrogens with zero attached hydrogens (tertiary/aromatic N) is 2. The molecule has 7 heteroatoms. The van der Waals surface area contributed by atoms with Crippen molar-refractivity contribution in [3.63, 3.8) is 0 Å². The topological polar surface area (TPSA) is 107 Å². The molecule has 3 rings (SSSR count). The quantitative estimate of drug-likeness (QED) is 0.708. The van der Waals surface area contributed by atoms with Crippen molar-refractivity contribution in [1.82, 2.24) is 9.55 Å². The Labute approximate surface area is 149 Å². The number of aromatic nitrogens is 2. The largest absolute Gasteiger partial charge is 0.366 e. The first-order chi connectivity index (χ1) is 12.6. The van der Waals surface area contributed by atoms with Gasteiger partial charge in [0.05, 0.1) is 28.5 Å². The normalized spacial score (nSPS) is 10.6. The predicted molar refractivity (Wildman–Crippen MR) is 98.8 cm³/mol. The van der Waals surface area contributed by atoms with E-state index in [1.807, 2.05) is 6.07 Å². The van der Waals surface area contributed by atoms with Gasteiger partial charge >= 0.3 is 0 Å². The van der Waals surface area contributed by atoms with Crippen molar-refractivity contribution in [2.75, 3.05) is 5.32 Å². The number of amides is 2. The Bertz CT molecular complexity index is 1030. The molecule has 0 aliphatic heterocycles. The van der Waals surface area contributed by atoms with Crippen LogP contribution >= 0.6 is 0 Å². The Kier molecular flexibility index (Phi) is 5.07. The third-order valence-corrected chi connectivity index (χ3v) is 4.00. The maximum absolute atomic E-state index is 12.4. The van der Waals surface area contributed by atoms with Gasteiger partial charge in [-0.3, -0.25) is 19.0 Å². The first-order valence-electron chi connectivity index (χ1n) is 8.19. The van der Waals surface area contributed by atoms with Gasteiger partial charge in [0.2, 0.25) is 5.91 Å². The van der Waals surface area contributed by atoms with Gasteiger partial charge in [-0.15, -0.1) is 0 Å². The zero-order valence-corrected chi connectivity index (χ0v) is 14.0. The first-order valence-corrected chi connectivity index (χ1v) is 8.19. The number of carbonyl (C=O) groups is 2. The highest BCUT2D eigenvalue weighted by Gasteiger charge is 2.10. The minimum Gasteiger partial charge on any atom is -0.366 e. The van der Waals surface area contributed by atoms with Gasteiger partial charge < -0.3 is 11.1 Å². The number of benzene rings is 2. The first kappa shape index (κ1) is 17.3. The number of nitrogens with one attached hydrogen (secondary N) is 1. The lowest BCUT2D eigenvalue weighted by Gasteiger charge is -2.09. The molecule has 26 heavy (non-hydrogen) atoms. The van der Waals surface area contributed by atoms with E-state index in [9.17, 15) is 14.4 Å².